The summed E-state index contributed by atoms with van der Waals surface area (Å²) in [6, 6.07) is 21.5. The van der Waals surface area contributed by atoms with Gasteiger partial charge in [0.05, 0.1) is 32.3 Å². The first kappa shape index (κ1) is 86.5. The van der Waals surface area contributed by atoms with E-state index in [1.165, 1.54) is 26.1 Å². The molecule has 3 aromatic carbocycles. The average Bonchev–Trinajstić information content (AvgIpc) is 3.21. The van der Waals surface area contributed by atoms with Gasteiger partial charge in [-0.15, -0.1) is 0 Å². The Morgan fingerprint density at radius 1 is 0.662 bits per heavy atom. The van der Waals surface area contributed by atoms with Crippen molar-refractivity contribution in [2.24, 2.45) is 23.7 Å². The number of phenolic OH excluding ortho intramolecular Hbond substituents is 1. The van der Waals surface area contributed by atoms with Crippen molar-refractivity contribution < 1.29 is 69.6 Å². The number of benzene rings is 3. The van der Waals surface area contributed by atoms with Gasteiger partial charge < -0.3 is 49.0 Å². The topological polar surface area (TPSA) is 180 Å². The maximum absolute atomic E-state index is 10.3. The molecule has 0 saturated carbocycles. The molecule has 0 fully saturated rings. The predicted octanol–water partition coefficient (Wildman–Crippen LogP) is 7.09. The van der Waals surface area contributed by atoms with Gasteiger partial charge in [0.2, 0.25) is 9.05 Å². The number of unbranched alkanes of at least 4 members (excludes halogenated alkanes) is 1. The molecule has 398 valence electrons. The second-order valence-electron chi connectivity index (χ2n) is 15.4. The molecule has 68 heavy (non-hydrogen) atoms. The van der Waals surface area contributed by atoms with Gasteiger partial charge in [-0.25, -0.2) is 8.42 Å². The number of aliphatic hydroxyl groups is 1. The zero-order valence-corrected chi connectivity index (χ0v) is 48.5. The summed E-state index contributed by atoms with van der Waals surface area (Å²) in [4.78, 5) is 2.38. The second-order valence-corrected chi connectivity index (χ2v) is 21.9. The van der Waals surface area contributed by atoms with E-state index in [0.29, 0.717) is 42.2 Å². The van der Waals surface area contributed by atoms with E-state index in [9.17, 15) is 16.8 Å². The number of halogens is 3. The fourth-order valence-electron chi connectivity index (χ4n) is 3.16. The molecule has 20 heteroatoms. The van der Waals surface area contributed by atoms with Crippen LogP contribution in [0.15, 0.2) is 81.7 Å². The molecule has 0 bridgehead atoms. The average molecular weight is 1150 g/mol. The largest absolute Gasteiger partial charge is 1.00 e. The van der Waals surface area contributed by atoms with E-state index in [2.05, 4.69) is 114 Å². The van der Waals surface area contributed by atoms with Crippen molar-refractivity contribution in [1.82, 2.24) is 4.90 Å². The standard InChI is InChI=1S/C10H15BO3.C10H13BrO.C6H5BrO.C6H15N.C5H12O3S.C4H10O.C4H9.CH3ClO2S.CH4.CH3.BH4.Li/c1-8(2)7-14-10-5-3-9(4-6-10)11(12)13;1-8(2)7-12-10-5-3-9(11)4-6-10;7-5-1-3-6(8)4-2-5;1-4-7(5-2)6-3;1-5(2)4-8-9(3,6)7;1-4(2)3-5;1-3-4-2;1-5(2,3)4;;;;/h3-6,8,12-13H,7H2,1-2H3;3-6,8H,7H2,1-2H3;1-4,8H;4-6H2,1-3H3;5H,4H2,1-3H3;4-5H,3H2,1-2H3;1,3-4H2,2H3;1H3;1H4;1H3;1H4;/q;;;;;;-1;;;2*-1;+1. The van der Waals surface area contributed by atoms with Crippen LogP contribution in [0.3, 0.4) is 0 Å². The molecule has 3 rings (SSSR count). The molecule has 0 aliphatic heterocycles. The third kappa shape index (κ3) is 78.9. The fourth-order valence-corrected chi connectivity index (χ4v) is 4.21. The number of hydrogen-bond acceptors (Lipinski definition) is 12. The number of phenols is 1. The Bertz CT molecular complexity index is 1640. The molecule has 12 nitrogen and oxygen atoms in total. The van der Waals surface area contributed by atoms with Gasteiger partial charge in [0, 0.05) is 26.2 Å². The molecular formula is C48H93B2Br2ClLiNO11S2-2. The van der Waals surface area contributed by atoms with Crippen molar-refractivity contribution in [1.29, 1.82) is 0 Å². The Labute approximate surface area is 452 Å². The van der Waals surface area contributed by atoms with Crippen LogP contribution in [-0.2, 0) is 23.4 Å². The molecule has 0 unspecified atom stereocenters. The van der Waals surface area contributed by atoms with Gasteiger partial charge in [-0.05, 0) is 109 Å². The molecule has 0 aliphatic carbocycles. The van der Waals surface area contributed by atoms with Crippen LogP contribution >= 0.6 is 42.5 Å². The van der Waals surface area contributed by atoms with E-state index in [1.54, 1.807) is 48.5 Å². The third-order valence-electron chi connectivity index (χ3n) is 6.66. The molecule has 0 aromatic heterocycles. The number of nitrogens with zero attached hydrogens (tertiary/aromatic N) is 1. The van der Waals surface area contributed by atoms with Crippen LogP contribution in [0.1, 0.15) is 103 Å². The number of hydrogen-bond donors (Lipinski definition) is 4. The van der Waals surface area contributed by atoms with Crippen molar-refractivity contribution in [3.63, 3.8) is 0 Å². The summed E-state index contributed by atoms with van der Waals surface area (Å²) in [6.07, 6.45) is 4.25. The van der Waals surface area contributed by atoms with Crippen molar-refractivity contribution in [3.05, 3.63) is 96.1 Å². The molecule has 0 radical (unpaired) electrons. The van der Waals surface area contributed by atoms with E-state index in [-0.39, 0.29) is 54.7 Å². The van der Waals surface area contributed by atoms with Crippen LogP contribution in [-0.4, -0.2) is 116 Å². The van der Waals surface area contributed by atoms with Gasteiger partial charge >= 0.3 is 26.0 Å². The van der Waals surface area contributed by atoms with Gasteiger partial charge in [0.15, 0.2) is 0 Å². The van der Waals surface area contributed by atoms with Gasteiger partial charge in [-0.1, -0.05) is 149 Å². The zero-order chi connectivity index (χ0) is 50.9. The summed E-state index contributed by atoms with van der Waals surface area (Å²) in [5.74, 6) is 3.75. The van der Waals surface area contributed by atoms with Crippen LogP contribution < -0.4 is 33.8 Å². The minimum atomic E-state index is -3.22. The third-order valence-corrected chi connectivity index (χ3v) is 8.28. The fraction of sp³-hybridized carbons (Fsp3) is 0.583. The van der Waals surface area contributed by atoms with Gasteiger partial charge in [0.25, 0.3) is 10.1 Å². The van der Waals surface area contributed by atoms with E-state index in [4.69, 9.17) is 29.7 Å². The Balaban J connectivity index is -0.0000000855. The smallest absolute Gasteiger partial charge is 0.508 e. The second kappa shape index (κ2) is 55.1. The van der Waals surface area contributed by atoms with Crippen molar-refractivity contribution >= 4 is 82.7 Å². The molecule has 0 aliphatic rings. The minimum Gasteiger partial charge on any atom is -0.508 e. The summed E-state index contributed by atoms with van der Waals surface area (Å²) in [5, 5.41) is 34.6. The van der Waals surface area contributed by atoms with Crippen LogP contribution in [0, 0.1) is 38.0 Å². The van der Waals surface area contributed by atoms with Crippen LogP contribution in [0.5, 0.6) is 17.2 Å². The SMILES string of the molecule is C.CC(C)CO.CC(C)COS(C)(=O)=O.CC(C)COc1ccc(B(O)O)cc1.CC(C)COc1ccc(Br)cc1.CCN(CC)CC.CS(=O)(=O)Cl.Oc1ccc(Br)cc1.[BH4-].[CH2-]CCC.[CH3-].[Li+]. The minimum absolute atomic E-state index is 0. The summed E-state index contributed by atoms with van der Waals surface area (Å²) in [6.45, 7) is 34.0. The van der Waals surface area contributed by atoms with Crippen LogP contribution in [0.25, 0.3) is 0 Å². The molecule has 0 amide bonds. The Kier molecular flexibility index (Phi) is 70.0. The summed E-state index contributed by atoms with van der Waals surface area (Å²) in [7, 11) is -3.32. The zero-order valence-electron chi connectivity index (χ0n) is 42.9. The number of aromatic hydroxyl groups is 1. The molecule has 3 aromatic rings. The number of aliphatic hydroxyl groups excluding tert-OH is 1. The molecule has 4 N–H and O–H groups in total. The van der Waals surface area contributed by atoms with Crippen molar-refractivity contribution in [2.75, 3.05) is 58.6 Å². The van der Waals surface area contributed by atoms with Crippen LogP contribution in [0.2, 0.25) is 0 Å². The number of rotatable bonds is 15. The summed E-state index contributed by atoms with van der Waals surface area (Å²) in [5.41, 5.74) is 0.474. The predicted molar refractivity (Wildman–Crippen MR) is 303 cm³/mol. The maximum Gasteiger partial charge on any atom is 1.00 e. The van der Waals surface area contributed by atoms with Gasteiger partial charge in [0.1, 0.15) is 17.2 Å². The molecule has 0 heterocycles. The number of ether oxygens (including phenoxy) is 2. The Morgan fingerprint density at radius 3 is 1.12 bits per heavy atom. The van der Waals surface area contributed by atoms with Crippen molar-refractivity contribution in [2.45, 2.75) is 103 Å². The molecule has 0 spiro atoms. The monoisotopic (exact) mass is 1150 g/mol. The first-order valence-corrected chi connectivity index (χ1v) is 27.4. The Hall–Kier alpha value is -1.26. The quantitative estimate of drug-likeness (QED) is 0.0527. The normalized spacial score (nSPS) is 9.74. The Morgan fingerprint density at radius 2 is 0.941 bits per heavy atom. The summed E-state index contributed by atoms with van der Waals surface area (Å²) >= 11 is 6.60. The molecule has 0 atom stereocenters. The van der Waals surface area contributed by atoms with Crippen molar-refractivity contribution in [3.8, 4) is 17.2 Å². The molecule has 0 saturated heterocycles. The van der Waals surface area contributed by atoms with Gasteiger partial charge in [-0.2, -0.15) is 14.8 Å². The maximum atomic E-state index is 10.3. The van der Waals surface area contributed by atoms with Gasteiger partial charge in [-0.3, -0.25) is 4.18 Å². The van der Waals surface area contributed by atoms with E-state index in [0.717, 1.165) is 46.0 Å². The van der Waals surface area contributed by atoms with E-state index < -0.39 is 26.3 Å². The van der Waals surface area contributed by atoms with E-state index >= 15 is 0 Å². The first-order valence-electron chi connectivity index (χ1n) is 21.3. The van der Waals surface area contributed by atoms with E-state index in [1.807, 2.05) is 52.0 Å². The summed E-state index contributed by atoms with van der Waals surface area (Å²) < 4.78 is 56.9. The first-order chi connectivity index (χ1) is 29.5. The van der Waals surface area contributed by atoms with Crippen LogP contribution in [0.4, 0.5) is 0 Å². The molecular weight excluding hydrogens is 1050 g/mol.